The second kappa shape index (κ2) is 4.39. The van der Waals surface area contributed by atoms with Crippen LogP contribution in [0.5, 0.6) is 0 Å². The van der Waals surface area contributed by atoms with Gasteiger partial charge < -0.3 is 0 Å². The summed E-state index contributed by atoms with van der Waals surface area (Å²) < 4.78 is 15.8. The summed E-state index contributed by atoms with van der Waals surface area (Å²) >= 11 is 5.63. The van der Waals surface area contributed by atoms with Crippen molar-refractivity contribution in [3.05, 3.63) is 63.7 Å². The quantitative estimate of drug-likeness (QED) is 0.630. The first-order valence-corrected chi connectivity index (χ1v) is 7.23. The summed E-state index contributed by atoms with van der Waals surface area (Å²) in [5.74, 6) is -0.475. The minimum atomic E-state index is -0.475. The van der Waals surface area contributed by atoms with Crippen LogP contribution in [0.15, 0.2) is 47.3 Å². The Bertz CT molecular complexity index is 793. The zero-order chi connectivity index (χ0) is 12.7. The van der Waals surface area contributed by atoms with Crippen molar-refractivity contribution in [2.45, 2.75) is 0 Å². The van der Waals surface area contributed by atoms with Gasteiger partial charge in [0.15, 0.2) is 0 Å². The van der Waals surface area contributed by atoms with Crippen molar-refractivity contribution in [3.63, 3.8) is 0 Å². The molecule has 2 aromatic carbocycles. The number of nitrogens with zero attached hydrogens (tertiary/aromatic N) is 1. The van der Waals surface area contributed by atoms with E-state index in [0.29, 0.717) is 5.69 Å². The summed E-state index contributed by atoms with van der Waals surface area (Å²) in [6.45, 7) is 0. The van der Waals surface area contributed by atoms with Crippen molar-refractivity contribution in [1.29, 1.82) is 0 Å². The number of benzene rings is 2. The van der Waals surface area contributed by atoms with E-state index in [1.54, 1.807) is 9.63 Å². The summed E-state index contributed by atoms with van der Waals surface area (Å²) in [5, 5.41) is 0.755. The molecule has 90 valence electrons. The van der Waals surface area contributed by atoms with Gasteiger partial charge >= 0.3 is 113 Å². The molecule has 0 atom stereocenters. The summed E-state index contributed by atoms with van der Waals surface area (Å²) in [6.07, 6.45) is 0. The standard InChI is InChI=1S/C13H7ClFNOSe/c14-10-7-8(5-6-11(10)15)16-13(17)9-3-1-2-4-12(9)18-16/h1-7H. The van der Waals surface area contributed by atoms with E-state index in [4.69, 9.17) is 11.6 Å². The maximum absolute atomic E-state index is 13.1. The molecule has 0 aliphatic carbocycles. The van der Waals surface area contributed by atoms with Crippen LogP contribution in [0.25, 0.3) is 15.3 Å². The SMILES string of the molecule is O=c1c2ccccc2[se]n1-c1ccc(F)c(Cl)c1. The predicted octanol–water partition coefficient (Wildman–Crippen LogP) is 2.84. The average Bonchev–Trinajstić information content (AvgIpc) is 2.71. The molecule has 18 heavy (non-hydrogen) atoms. The summed E-state index contributed by atoms with van der Waals surface area (Å²) in [4.78, 5) is 12.2. The Balaban J connectivity index is 2.28. The molecule has 0 aliphatic heterocycles. The van der Waals surface area contributed by atoms with Gasteiger partial charge in [-0.05, 0) is 0 Å². The third-order valence-electron chi connectivity index (χ3n) is 2.63. The van der Waals surface area contributed by atoms with Gasteiger partial charge in [-0.15, -0.1) is 0 Å². The molecule has 3 rings (SSSR count). The topological polar surface area (TPSA) is 22.0 Å². The van der Waals surface area contributed by atoms with E-state index in [1.165, 1.54) is 12.1 Å². The summed E-state index contributed by atoms with van der Waals surface area (Å²) in [7, 11) is 0. The van der Waals surface area contributed by atoms with Gasteiger partial charge in [0.2, 0.25) is 0 Å². The molecule has 0 spiro atoms. The number of aromatic nitrogens is 1. The van der Waals surface area contributed by atoms with Crippen molar-refractivity contribution >= 4 is 36.0 Å². The molecule has 0 aliphatic rings. The Morgan fingerprint density at radius 2 is 1.94 bits per heavy atom. The number of halogens is 2. The van der Waals surface area contributed by atoms with Gasteiger partial charge in [-0.25, -0.2) is 0 Å². The number of rotatable bonds is 1. The van der Waals surface area contributed by atoms with Gasteiger partial charge in [0.1, 0.15) is 0 Å². The molecule has 1 heterocycles. The van der Waals surface area contributed by atoms with Crippen LogP contribution in [0.3, 0.4) is 0 Å². The zero-order valence-corrected chi connectivity index (χ0v) is 11.5. The molecule has 5 heteroatoms. The van der Waals surface area contributed by atoms with Crippen molar-refractivity contribution in [1.82, 2.24) is 3.56 Å². The summed E-state index contributed by atoms with van der Waals surface area (Å²) in [5.41, 5.74) is 0.593. The second-order valence-corrected chi connectivity index (χ2v) is 6.26. The molecule has 0 amide bonds. The van der Waals surface area contributed by atoms with E-state index in [9.17, 15) is 9.18 Å². The van der Waals surface area contributed by atoms with E-state index in [1.807, 2.05) is 24.3 Å². The van der Waals surface area contributed by atoms with Crippen LogP contribution < -0.4 is 5.56 Å². The van der Waals surface area contributed by atoms with E-state index in [0.717, 1.165) is 9.65 Å². The normalized spacial score (nSPS) is 11.0. The summed E-state index contributed by atoms with van der Waals surface area (Å²) in [6, 6.07) is 11.9. The van der Waals surface area contributed by atoms with Gasteiger partial charge in [-0.2, -0.15) is 0 Å². The molecule has 2 nitrogen and oxygen atoms in total. The van der Waals surface area contributed by atoms with Crippen LogP contribution in [-0.2, 0) is 0 Å². The maximum atomic E-state index is 13.1. The van der Waals surface area contributed by atoms with Crippen LogP contribution >= 0.6 is 11.6 Å². The fraction of sp³-hybridized carbons (Fsp3) is 0. The first kappa shape index (κ1) is 11.7. The van der Waals surface area contributed by atoms with Crippen LogP contribution in [0, 0.1) is 5.82 Å². The van der Waals surface area contributed by atoms with Gasteiger partial charge in [-0.3, -0.25) is 0 Å². The van der Waals surface area contributed by atoms with E-state index >= 15 is 0 Å². The third-order valence-corrected chi connectivity index (χ3v) is 5.25. The molecular formula is C13H7ClFNOSe. The van der Waals surface area contributed by atoms with Crippen LogP contribution in [0.1, 0.15) is 0 Å². The Morgan fingerprint density at radius 1 is 1.17 bits per heavy atom. The molecule has 0 bridgehead atoms. The number of hydrogen-bond acceptors (Lipinski definition) is 1. The van der Waals surface area contributed by atoms with Crippen LogP contribution in [0.2, 0.25) is 5.02 Å². The monoisotopic (exact) mass is 327 g/mol. The fourth-order valence-electron chi connectivity index (χ4n) is 1.75. The Kier molecular flexibility index (Phi) is 2.86. The third kappa shape index (κ3) is 1.83. The Labute approximate surface area is 113 Å². The molecule has 0 fully saturated rings. The number of hydrogen-bond donors (Lipinski definition) is 0. The molecule has 0 radical (unpaired) electrons. The molecule has 0 saturated heterocycles. The number of fused-ring (bicyclic) bond motifs is 1. The van der Waals surface area contributed by atoms with Crippen molar-refractivity contribution < 1.29 is 4.39 Å². The van der Waals surface area contributed by atoms with Gasteiger partial charge in [-0.1, -0.05) is 0 Å². The van der Waals surface area contributed by atoms with Crippen LogP contribution in [0.4, 0.5) is 4.39 Å². The van der Waals surface area contributed by atoms with Crippen LogP contribution in [-0.4, -0.2) is 18.3 Å². The Hall–Kier alpha value is -1.35. The van der Waals surface area contributed by atoms with Crippen molar-refractivity contribution in [2.24, 2.45) is 0 Å². The first-order valence-electron chi connectivity index (χ1n) is 5.23. The van der Waals surface area contributed by atoms with E-state index in [-0.39, 0.29) is 25.3 Å². The Morgan fingerprint density at radius 3 is 2.67 bits per heavy atom. The molecular weight excluding hydrogens is 320 g/mol. The van der Waals surface area contributed by atoms with Gasteiger partial charge in [0.25, 0.3) is 0 Å². The average molecular weight is 327 g/mol. The van der Waals surface area contributed by atoms with Gasteiger partial charge in [0, 0.05) is 0 Å². The van der Waals surface area contributed by atoms with Gasteiger partial charge in [0.05, 0.1) is 0 Å². The zero-order valence-electron chi connectivity index (χ0n) is 9.06. The fourth-order valence-corrected chi connectivity index (χ4v) is 4.01. The van der Waals surface area contributed by atoms with E-state index in [2.05, 4.69) is 0 Å². The molecule has 0 unspecified atom stereocenters. The second-order valence-electron chi connectivity index (χ2n) is 3.79. The molecule has 0 saturated carbocycles. The first-order chi connectivity index (χ1) is 8.66. The molecule has 1 aromatic heterocycles. The minimum absolute atomic E-state index is 0.0343. The molecule has 3 aromatic rings. The predicted molar refractivity (Wildman–Crippen MR) is 71.5 cm³/mol. The van der Waals surface area contributed by atoms with Crippen molar-refractivity contribution in [3.8, 4) is 5.69 Å². The van der Waals surface area contributed by atoms with Crippen molar-refractivity contribution in [2.75, 3.05) is 0 Å². The molecule has 0 N–H and O–H groups in total. The van der Waals surface area contributed by atoms with E-state index < -0.39 is 5.82 Å².